The molecule has 7 nitrogen and oxygen atoms in total. The van der Waals surface area contributed by atoms with Crippen LogP contribution in [0.2, 0.25) is 0 Å². The molecule has 0 aromatic carbocycles. The van der Waals surface area contributed by atoms with Crippen LogP contribution in [0.5, 0.6) is 0 Å². The van der Waals surface area contributed by atoms with E-state index in [0.29, 0.717) is 17.0 Å². The van der Waals surface area contributed by atoms with Crippen LogP contribution in [0.15, 0.2) is 36.8 Å². The Balaban J connectivity index is 1.55. The molecule has 160 valence electrons. The number of hydrogen-bond acceptors (Lipinski definition) is 5. The Bertz CT molecular complexity index is 1600. The second-order valence-corrected chi connectivity index (χ2v) is 8.54. The van der Waals surface area contributed by atoms with Gasteiger partial charge in [0, 0.05) is 28.9 Å². The van der Waals surface area contributed by atoms with Crippen molar-refractivity contribution in [2.75, 3.05) is 0 Å². The van der Waals surface area contributed by atoms with Gasteiger partial charge in [-0.1, -0.05) is 12.7 Å². The second-order valence-electron chi connectivity index (χ2n) is 7.50. The maximum absolute atomic E-state index is 13.5. The van der Waals surface area contributed by atoms with Gasteiger partial charge in [-0.15, -0.1) is 11.3 Å². The molecule has 32 heavy (non-hydrogen) atoms. The quantitative estimate of drug-likeness (QED) is 0.443. The average Bonchev–Trinajstić information content (AvgIpc) is 3.54. The Kier molecular flexibility index (Phi) is 4.82. The van der Waals surface area contributed by atoms with Gasteiger partial charge in [-0.3, -0.25) is 10.1 Å². The average molecular weight is 446 g/mol. The van der Waals surface area contributed by atoms with E-state index in [9.17, 15) is 4.39 Å². The molecule has 0 aliphatic carbocycles. The number of nitrogens with one attached hydrogen (secondary N) is 2. The summed E-state index contributed by atoms with van der Waals surface area (Å²) in [6.45, 7) is 8.20. The molecule has 0 saturated carbocycles. The van der Waals surface area contributed by atoms with E-state index in [4.69, 9.17) is 4.98 Å². The third kappa shape index (κ3) is 3.36. The van der Waals surface area contributed by atoms with Crippen molar-refractivity contribution in [3.63, 3.8) is 0 Å². The topological polar surface area (TPSA) is 88.1 Å². The number of hydrogen-bond donors (Lipinski definition) is 2. The zero-order valence-corrected chi connectivity index (χ0v) is 18.6. The molecule has 5 heterocycles. The third-order valence-electron chi connectivity index (χ3n) is 5.48. The van der Waals surface area contributed by atoms with Crippen molar-refractivity contribution < 1.29 is 4.39 Å². The summed E-state index contributed by atoms with van der Waals surface area (Å²) in [5.74, 6) is 1.54. The third-order valence-corrected chi connectivity index (χ3v) is 6.39. The van der Waals surface area contributed by atoms with Crippen LogP contribution in [0.3, 0.4) is 0 Å². The fraction of sp³-hybridized carbons (Fsp3) is 0.130. The fourth-order valence-electron chi connectivity index (χ4n) is 3.56. The SMILES string of the molecule is C=c1c(-c2nc3c(-c4ccc(F)s4)cncc3[nH]2)n[nH]/c1=C/C=C(\C)c1cnc(C)n1C. The molecule has 0 fully saturated rings. The molecule has 0 spiro atoms. The van der Waals surface area contributed by atoms with Gasteiger partial charge in [-0.25, -0.2) is 9.97 Å². The van der Waals surface area contributed by atoms with E-state index in [1.54, 1.807) is 18.5 Å². The first kappa shape index (κ1) is 20.1. The predicted molar refractivity (Wildman–Crippen MR) is 126 cm³/mol. The first-order valence-electron chi connectivity index (χ1n) is 9.93. The maximum atomic E-state index is 13.5. The fourth-order valence-corrected chi connectivity index (χ4v) is 4.30. The van der Waals surface area contributed by atoms with Gasteiger partial charge in [0.15, 0.2) is 11.0 Å². The Labute approximate surface area is 186 Å². The minimum Gasteiger partial charge on any atom is -0.335 e. The van der Waals surface area contributed by atoms with Crippen molar-refractivity contribution in [1.82, 2.24) is 34.7 Å². The molecule has 2 N–H and O–H groups in total. The summed E-state index contributed by atoms with van der Waals surface area (Å²) in [5, 5.41) is 8.73. The van der Waals surface area contributed by atoms with Gasteiger partial charge in [-0.2, -0.15) is 9.49 Å². The zero-order chi connectivity index (χ0) is 22.4. The van der Waals surface area contributed by atoms with Gasteiger partial charge < -0.3 is 9.55 Å². The number of imidazole rings is 2. The molecular formula is C23H20FN7S. The Morgan fingerprint density at radius 1 is 1.25 bits per heavy atom. The van der Waals surface area contributed by atoms with Gasteiger partial charge in [0.2, 0.25) is 0 Å². The largest absolute Gasteiger partial charge is 0.335 e. The normalized spacial score (nSPS) is 12.9. The lowest BCUT2D eigenvalue weighted by atomic mass is 10.2. The predicted octanol–water partition coefficient (Wildman–Crippen LogP) is 3.55. The molecule has 0 saturated heterocycles. The van der Waals surface area contributed by atoms with Crippen LogP contribution in [0.25, 0.3) is 51.2 Å². The molecule has 0 aliphatic rings. The molecule has 5 aromatic rings. The number of H-pyrrole nitrogens is 2. The molecule has 0 unspecified atom stereocenters. The smallest absolute Gasteiger partial charge is 0.176 e. The van der Waals surface area contributed by atoms with Crippen LogP contribution < -0.4 is 10.6 Å². The van der Waals surface area contributed by atoms with Crippen molar-refractivity contribution in [1.29, 1.82) is 0 Å². The van der Waals surface area contributed by atoms with Crippen LogP contribution in [-0.2, 0) is 7.05 Å². The number of thiophene rings is 1. The highest BCUT2D eigenvalue weighted by Crippen LogP contribution is 2.32. The standard InChI is InChI=1S/C23H20FN7S/c1-12(18-11-26-14(3)31(18)4)5-6-16-13(2)21(30-29-16)23-27-17-10-25-9-15(22(17)28-23)19-7-8-20(24)32-19/h5-11,29H,2H2,1,3-4H3,(H,27,28)/b12-5+,16-6+. The second kappa shape index (κ2) is 7.69. The molecule has 5 rings (SSSR count). The van der Waals surface area contributed by atoms with Gasteiger partial charge in [-0.05, 0) is 37.6 Å². The van der Waals surface area contributed by atoms with E-state index in [2.05, 4.69) is 31.7 Å². The number of rotatable bonds is 4. The Morgan fingerprint density at radius 2 is 2.09 bits per heavy atom. The number of aromatic amines is 2. The van der Waals surface area contributed by atoms with E-state index < -0.39 is 0 Å². The molecule has 5 aromatic heterocycles. The summed E-state index contributed by atoms with van der Waals surface area (Å²) in [7, 11) is 1.99. The lowest BCUT2D eigenvalue weighted by Gasteiger charge is -2.02. The highest BCUT2D eigenvalue weighted by atomic mass is 32.1. The van der Waals surface area contributed by atoms with Crippen molar-refractivity contribution in [2.24, 2.45) is 7.05 Å². The number of allylic oxidation sites excluding steroid dienone is 2. The lowest BCUT2D eigenvalue weighted by molar-refractivity contribution is 0.657. The summed E-state index contributed by atoms with van der Waals surface area (Å²) < 4.78 is 15.6. The van der Waals surface area contributed by atoms with Crippen LogP contribution >= 0.6 is 11.3 Å². The first-order valence-corrected chi connectivity index (χ1v) is 10.7. The van der Waals surface area contributed by atoms with Crippen LogP contribution in [-0.4, -0.2) is 34.7 Å². The zero-order valence-electron chi connectivity index (χ0n) is 17.8. The lowest BCUT2D eigenvalue weighted by Crippen LogP contribution is -2.21. The molecule has 9 heteroatoms. The first-order chi connectivity index (χ1) is 15.4. The summed E-state index contributed by atoms with van der Waals surface area (Å²) in [6.07, 6.45) is 9.21. The summed E-state index contributed by atoms with van der Waals surface area (Å²) in [6, 6.07) is 3.18. The minimum atomic E-state index is -0.245. The maximum Gasteiger partial charge on any atom is 0.176 e. The van der Waals surface area contributed by atoms with Gasteiger partial charge in [0.25, 0.3) is 0 Å². The Morgan fingerprint density at radius 3 is 2.81 bits per heavy atom. The Hall–Kier alpha value is -3.85. The highest BCUT2D eigenvalue weighted by molar-refractivity contribution is 7.14. The van der Waals surface area contributed by atoms with Crippen molar-refractivity contribution in [3.05, 3.63) is 64.0 Å². The van der Waals surface area contributed by atoms with Gasteiger partial charge in [0.05, 0.1) is 29.0 Å². The monoisotopic (exact) mass is 445 g/mol. The van der Waals surface area contributed by atoms with Crippen LogP contribution in [0, 0.1) is 12.1 Å². The van der Waals surface area contributed by atoms with Crippen LogP contribution in [0.4, 0.5) is 4.39 Å². The summed E-state index contributed by atoms with van der Waals surface area (Å²) >= 11 is 1.07. The number of aryl methyl sites for hydroxylation is 1. The van der Waals surface area contributed by atoms with E-state index in [-0.39, 0.29) is 5.13 Å². The van der Waals surface area contributed by atoms with Crippen LogP contribution in [0.1, 0.15) is 18.4 Å². The van der Waals surface area contributed by atoms with Crippen molar-refractivity contribution >= 4 is 40.6 Å². The number of aromatic nitrogens is 7. The molecule has 0 radical (unpaired) electrons. The van der Waals surface area contributed by atoms with Crippen molar-refractivity contribution in [2.45, 2.75) is 13.8 Å². The number of pyridine rings is 1. The van der Waals surface area contributed by atoms with Gasteiger partial charge >= 0.3 is 0 Å². The molecular weight excluding hydrogens is 425 g/mol. The van der Waals surface area contributed by atoms with E-state index in [1.807, 2.05) is 43.8 Å². The number of halogens is 1. The molecule has 0 atom stereocenters. The highest BCUT2D eigenvalue weighted by Gasteiger charge is 2.15. The van der Waals surface area contributed by atoms with Crippen molar-refractivity contribution in [3.8, 4) is 22.0 Å². The van der Waals surface area contributed by atoms with Gasteiger partial charge in [0.1, 0.15) is 17.0 Å². The van der Waals surface area contributed by atoms with E-state index in [0.717, 1.165) is 55.0 Å². The van der Waals surface area contributed by atoms with E-state index >= 15 is 0 Å². The molecule has 0 amide bonds. The van der Waals surface area contributed by atoms with E-state index in [1.165, 1.54) is 6.07 Å². The number of nitrogens with zero attached hydrogens (tertiary/aromatic N) is 5. The molecule has 0 aliphatic heterocycles. The minimum absolute atomic E-state index is 0.245. The number of fused-ring (bicyclic) bond motifs is 1. The molecule has 0 bridgehead atoms. The summed E-state index contributed by atoms with van der Waals surface area (Å²) in [4.78, 5) is 17.4. The summed E-state index contributed by atoms with van der Waals surface area (Å²) in [5.41, 5.74) is 4.99.